The monoisotopic (exact) mass is 384 g/mol. The molecule has 0 aromatic rings. The number of hydrogen-bond acceptors (Lipinski definition) is 2. The summed E-state index contributed by atoms with van der Waals surface area (Å²) < 4.78 is 37.0. The third-order valence-corrected chi connectivity index (χ3v) is 7.25. The average molecular weight is 385 g/mol. The van der Waals surface area contributed by atoms with Crippen LogP contribution in [0.1, 0.15) is 84.0 Å². The number of halogens is 2. The van der Waals surface area contributed by atoms with Gasteiger partial charge in [-0.05, 0) is 81.6 Å². The second-order valence-corrected chi connectivity index (χ2v) is 9.20. The van der Waals surface area contributed by atoms with E-state index >= 15 is 0 Å². The van der Waals surface area contributed by atoms with E-state index in [1.165, 1.54) is 57.4 Å². The minimum absolute atomic E-state index is 0.0155. The van der Waals surface area contributed by atoms with Gasteiger partial charge in [0.15, 0.2) is 6.29 Å². The summed E-state index contributed by atoms with van der Waals surface area (Å²) in [5.41, 5.74) is 0. The summed E-state index contributed by atoms with van der Waals surface area (Å²) >= 11 is 0. The van der Waals surface area contributed by atoms with Crippen LogP contribution >= 0.6 is 0 Å². The highest BCUT2D eigenvalue weighted by Crippen LogP contribution is 2.43. The van der Waals surface area contributed by atoms with Gasteiger partial charge in [-0.1, -0.05) is 26.2 Å². The van der Waals surface area contributed by atoms with Gasteiger partial charge < -0.3 is 9.47 Å². The Morgan fingerprint density at radius 3 is 1.93 bits per heavy atom. The van der Waals surface area contributed by atoms with Gasteiger partial charge in [0, 0.05) is 11.8 Å². The molecule has 1 heterocycles. The lowest BCUT2D eigenvalue weighted by Gasteiger charge is -2.40. The van der Waals surface area contributed by atoms with E-state index in [0.29, 0.717) is 11.8 Å². The van der Waals surface area contributed by atoms with Crippen LogP contribution in [0, 0.1) is 29.6 Å². The summed E-state index contributed by atoms with van der Waals surface area (Å²) in [7, 11) is 0. The normalized spacial score (nSPS) is 37.7. The van der Waals surface area contributed by atoms with Crippen LogP contribution in [0.4, 0.5) is 8.78 Å². The first-order valence-electron chi connectivity index (χ1n) is 11.4. The summed E-state index contributed by atoms with van der Waals surface area (Å²) in [6.45, 7) is 3.99. The van der Waals surface area contributed by atoms with Crippen LogP contribution in [0.25, 0.3) is 0 Å². The second kappa shape index (κ2) is 10.9. The molecule has 2 saturated carbocycles. The predicted octanol–water partition coefficient (Wildman–Crippen LogP) is 6.95. The van der Waals surface area contributed by atoms with Gasteiger partial charge in [0.1, 0.15) is 0 Å². The van der Waals surface area contributed by atoms with Gasteiger partial charge >= 0.3 is 0 Å². The Morgan fingerprint density at radius 2 is 1.37 bits per heavy atom. The van der Waals surface area contributed by atoms with Gasteiger partial charge in [0.2, 0.25) is 0 Å². The first-order chi connectivity index (χ1) is 13.2. The highest BCUT2D eigenvalue weighted by Gasteiger charge is 2.35. The molecule has 1 saturated heterocycles. The van der Waals surface area contributed by atoms with Crippen molar-refractivity contribution < 1.29 is 18.3 Å². The van der Waals surface area contributed by atoms with E-state index < -0.39 is 6.08 Å². The topological polar surface area (TPSA) is 18.5 Å². The highest BCUT2D eigenvalue weighted by molar-refractivity contribution is 4.92. The molecule has 0 aromatic heterocycles. The van der Waals surface area contributed by atoms with Gasteiger partial charge in [-0.3, -0.25) is 0 Å². The molecule has 0 unspecified atom stereocenters. The highest BCUT2D eigenvalue weighted by atomic mass is 19.3. The molecule has 4 heteroatoms. The van der Waals surface area contributed by atoms with Crippen LogP contribution < -0.4 is 0 Å². The summed E-state index contributed by atoms with van der Waals surface area (Å²) in [5.74, 6) is 2.78. The zero-order valence-corrected chi connectivity index (χ0v) is 17.0. The van der Waals surface area contributed by atoms with Crippen molar-refractivity contribution in [1.29, 1.82) is 0 Å². The van der Waals surface area contributed by atoms with Gasteiger partial charge in [-0.15, -0.1) is 0 Å². The zero-order chi connectivity index (χ0) is 19.1. The summed E-state index contributed by atoms with van der Waals surface area (Å²) in [4.78, 5) is 0. The van der Waals surface area contributed by atoms with Gasteiger partial charge in [-0.2, -0.15) is 8.78 Å². The van der Waals surface area contributed by atoms with Gasteiger partial charge in [0.25, 0.3) is 6.08 Å². The van der Waals surface area contributed by atoms with Crippen molar-refractivity contribution in [3.63, 3.8) is 0 Å². The molecule has 0 atom stereocenters. The van der Waals surface area contributed by atoms with Crippen LogP contribution in [0.5, 0.6) is 0 Å². The maximum Gasteiger partial charge on any atom is 0.266 e. The van der Waals surface area contributed by atoms with Crippen molar-refractivity contribution in [3.8, 4) is 0 Å². The molecule has 0 spiro atoms. The van der Waals surface area contributed by atoms with Crippen LogP contribution in [-0.4, -0.2) is 19.5 Å². The Morgan fingerprint density at radius 1 is 0.815 bits per heavy atom. The SMILES string of the molecule is CCCCCC1COC(C2CCC(C3CCC(C=C(F)F)CC3)CC2)OC1. The van der Waals surface area contributed by atoms with Crippen molar-refractivity contribution in [3.05, 3.63) is 12.2 Å². The molecule has 3 aliphatic rings. The number of hydrogen-bond donors (Lipinski definition) is 0. The Labute approximate surface area is 164 Å². The lowest BCUT2D eigenvalue weighted by atomic mass is 9.69. The minimum Gasteiger partial charge on any atom is -0.352 e. The lowest BCUT2D eigenvalue weighted by Crippen LogP contribution is -2.39. The minimum atomic E-state index is -1.50. The van der Waals surface area contributed by atoms with Crippen molar-refractivity contribution in [2.75, 3.05) is 13.2 Å². The van der Waals surface area contributed by atoms with Crippen LogP contribution in [0.2, 0.25) is 0 Å². The Bertz CT molecular complexity index is 439. The van der Waals surface area contributed by atoms with Crippen molar-refractivity contribution in [2.24, 2.45) is 29.6 Å². The standard InChI is InChI=1S/C23H38F2O2/c1-2-3-4-5-18-15-26-23(27-16-18)21-12-10-20(11-13-21)19-8-6-17(7-9-19)14-22(24)25/h14,17-21,23H,2-13,15-16H2,1H3. The summed E-state index contributed by atoms with van der Waals surface area (Å²) in [5, 5.41) is 0. The Hall–Kier alpha value is -0.480. The number of allylic oxidation sites excluding steroid dienone is 1. The number of rotatable bonds is 7. The molecule has 156 valence electrons. The Balaban J connectivity index is 1.33. The lowest BCUT2D eigenvalue weighted by molar-refractivity contribution is -0.230. The Kier molecular flexibility index (Phi) is 8.57. The molecule has 0 aromatic carbocycles. The van der Waals surface area contributed by atoms with Crippen molar-refractivity contribution >= 4 is 0 Å². The molecule has 3 fully saturated rings. The first kappa shape index (κ1) is 21.2. The fourth-order valence-electron chi connectivity index (χ4n) is 5.53. The molecular weight excluding hydrogens is 346 g/mol. The van der Waals surface area contributed by atoms with Crippen LogP contribution in [-0.2, 0) is 9.47 Å². The molecule has 3 rings (SSSR count). The van der Waals surface area contributed by atoms with Crippen LogP contribution in [0.15, 0.2) is 12.2 Å². The number of ether oxygens (including phenoxy) is 2. The quantitative estimate of drug-likeness (QED) is 0.442. The van der Waals surface area contributed by atoms with E-state index in [0.717, 1.165) is 50.7 Å². The van der Waals surface area contributed by atoms with E-state index in [1.807, 2.05) is 0 Å². The molecule has 0 amide bonds. The molecule has 0 radical (unpaired) electrons. The summed E-state index contributed by atoms with van der Waals surface area (Å²) in [6, 6.07) is 0. The zero-order valence-electron chi connectivity index (χ0n) is 17.0. The van der Waals surface area contributed by atoms with E-state index in [4.69, 9.17) is 9.47 Å². The maximum atomic E-state index is 12.4. The predicted molar refractivity (Wildman–Crippen MR) is 105 cm³/mol. The summed E-state index contributed by atoms with van der Waals surface area (Å²) in [6.07, 6.45) is 13.9. The van der Waals surface area contributed by atoms with E-state index in [9.17, 15) is 8.78 Å². The third-order valence-electron chi connectivity index (χ3n) is 7.25. The average Bonchev–Trinajstić information content (AvgIpc) is 2.69. The molecule has 1 aliphatic heterocycles. The second-order valence-electron chi connectivity index (χ2n) is 9.20. The third kappa shape index (κ3) is 6.52. The largest absolute Gasteiger partial charge is 0.352 e. The van der Waals surface area contributed by atoms with Crippen molar-refractivity contribution in [2.45, 2.75) is 90.3 Å². The van der Waals surface area contributed by atoms with Gasteiger partial charge in [0.05, 0.1) is 13.2 Å². The van der Waals surface area contributed by atoms with E-state index in [1.54, 1.807) is 0 Å². The molecule has 2 nitrogen and oxygen atoms in total. The van der Waals surface area contributed by atoms with Gasteiger partial charge in [-0.25, -0.2) is 0 Å². The maximum absolute atomic E-state index is 12.4. The van der Waals surface area contributed by atoms with Crippen molar-refractivity contribution in [1.82, 2.24) is 0 Å². The molecule has 2 aliphatic carbocycles. The number of unbranched alkanes of at least 4 members (excludes halogenated alkanes) is 2. The first-order valence-corrected chi connectivity index (χ1v) is 11.4. The molecule has 0 bridgehead atoms. The molecule has 27 heavy (non-hydrogen) atoms. The molecular formula is C23H38F2O2. The fraction of sp³-hybridized carbons (Fsp3) is 0.913. The smallest absolute Gasteiger partial charge is 0.266 e. The fourth-order valence-corrected chi connectivity index (χ4v) is 5.53. The van der Waals surface area contributed by atoms with E-state index in [-0.39, 0.29) is 12.2 Å². The van der Waals surface area contributed by atoms with E-state index in [2.05, 4.69) is 6.92 Å². The molecule has 0 N–H and O–H groups in total. The van der Waals surface area contributed by atoms with Crippen LogP contribution in [0.3, 0.4) is 0 Å².